The molecule has 0 aromatic heterocycles. The molecular formula is C22H21FN4O3S. The number of nitrogens with one attached hydrogen (secondary N) is 2. The van der Waals surface area contributed by atoms with Crippen molar-refractivity contribution in [2.45, 2.75) is 19.1 Å². The van der Waals surface area contributed by atoms with E-state index in [-0.39, 0.29) is 10.9 Å². The molecule has 0 aliphatic carbocycles. The Morgan fingerprint density at radius 2 is 1.84 bits per heavy atom. The van der Waals surface area contributed by atoms with E-state index in [9.17, 15) is 18.8 Å². The van der Waals surface area contributed by atoms with Crippen LogP contribution in [0.15, 0.2) is 65.3 Å². The molecule has 0 bridgehead atoms. The number of carbonyl (C=O) groups is 3. The van der Waals surface area contributed by atoms with Crippen LogP contribution < -0.4 is 15.5 Å². The van der Waals surface area contributed by atoms with Gasteiger partial charge in [-0.25, -0.2) is 14.2 Å². The standard InChI is InChI=1S/C22H21FN4O3S/c1-3-24-21(30)26-19(28)14(2)31-22-25-18(13-15-7-5-4-6-8-15)20(29)27(22)17-11-9-16(23)10-12-17/h4-14H,3H2,1-2H3,(H2,24,26,28,30)/b18-13+. The summed E-state index contributed by atoms with van der Waals surface area (Å²) in [6.07, 6.45) is 1.64. The summed E-state index contributed by atoms with van der Waals surface area (Å²) >= 11 is 1.03. The number of rotatable bonds is 5. The summed E-state index contributed by atoms with van der Waals surface area (Å²) in [7, 11) is 0. The van der Waals surface area contributed by atoms with Gasteiger partial charge in [0.05, 0.1) is 10.9 Å². The Bertz CT molecular complexity index is 1040. The predicted octanol–water partition coefficient (Wildman–Crippen LogP) is 3.54. The Morgan fingerprint density at radius 3 is 2.48 bits per heavy atom. The highest BCUT2D eigenvalue weighted by atomic mass is 32.2. The molecule has 1 aliphatic heterocycles. The van der Waals surface area contributed by atoms with Crippen LogP contribution in [0.3, 0.4) is 0 Å². The van der Waals surface area contributed by atoms with Crippen molar-refractivity contribution in [1.82, 2.24) is 10.6 Å². The van der Waals surface area contributed by atoms with Gasteiger partial charge in [0.15, 0.2) is 5.17 Å². The molecule has 1 heterocycles. The van der Waals surface area contributed by atoms with Crippen LogP contribution in [0.4, 0.5) is 14.9 Å². The number of nitrogens with zero attached hydrogens (tertiary/aromatic N) is 2. The van der Waals surface area contributed by atoms with E-state index >= 15 is 0 Å². The van der Waals surface area contributed by atoms with E-state index in [1.165, 1.54) is 29.2 Å². The minimum absolute atomic E-state index is 0.189. The summed E-state index contributed by atoms with van der Waals surface area (Å²) in [6, 6.07) is 14.1. The molecular weight excluding hydrogens is 419 g/mol. The largest absolute Gasteiger partial charge is 0.338 e. The van der Waals surface area contributed by atoms with Crippen LogP contribution in [-0.4, -0.2) is 34.8 Å². The van der Waals surface area contributed by atoms with Gasteiger partial charge in [-0.05, 0) is 49.8 Å². The van der Waals surface area contributed by atoms with E-state index in [1.54, 1.807) is 19.9 Å². The Hall–Kier alpha value is -3.46. The summed E-state index contributed by atoms with van der Waals surface area (Å²) < 4.78 is 13.4. The van der Waals surface area contributed by atoms with Gasteiger partial charge in [-0.2, -0.15) is 0 Å². The molecule has 2 N–H and O–H groups in total. The van der Waals surface area contributed by atoms with Gasteiger partial charge in [0.1, 0.15) is 11.5 Å². The first-order chi connectivity index (χ1) is 14.9. The molecule has 3 rings (SSSR count). The summed E-state index contributed by atoms with van der Waals surface area (Å²) in [4.78, 5) is 42.8. The lowest BCUT2D eigenvalue weighted by Crippen LogP contribution is -2.43. The second-order valence-electron chi connectivity index (χ2n) is 6.56. The molecule has 9 heteroatoms. The summed E-state index contributed by atoms with van der Waals surface area (Å²) in [5.74, 6) is -1.35. The van der Waals surface area contributed by atoms with Crippen LogP contribution in [0, 0.1) is 5.82 Å². The third kappa shape index (κ3) is 5.58. The van der Waals surface area contributed by atoms with Gasteiger partial charge in [-0.1, -0.05) is 42.1 Å². The van der Waals surface area contributed by atoms with Crippen molar-refractivity contribution in [2.75, 3.05) is 11.4 Å². The maximum absolute atomic E-state index is 13.4. The number of urea groups is 1. The molecule has 2 aromatic rings. The molecule has 0 radical (unpaired) electrons. The van der Waals surface area contributed by atoms with Crippen LogP contribution in [-0.2, 0) is 9.59 Å². The van der Waals surface area contributed by atoms with Gasteiger partial charge in [0.2, 0.25) is 5.91 Å². The normalized spacial score (nSPS) is 15.6. The summed E-state index contributed by atoms with van der Waals surface area (Å²) in [5.41, 5.74) is 1.40. The maximum Gasteiger partial charge on any atom is 0.321 e. The molecule has 160 valence electrons. The monoisotopic (exact) mass is 440 g/mol. The summed E-state index contributed by atoms with van der Waals surface area (Å²) in [5, 5.41) is 4.28. The molecule has 1 unspecified atom stereocenters. The van der Waals surface area contributed by atoms with E-state index in [4.69, 9.17) is 0 Å². The van der Waals surface area contributed by atoms with Crippen molar-refractivity contribution in [3.8, 4) is 0 Å². The van der Waals surface area contributed by atoms with E-state index in [0.717, 1.165) is 17.3 Å². The molecule has 7 nitrogen and oxygen atoms in total. The first kappa shape index (κ1) is 22.2. The molecule has 31 heavy (non-hydrogen) atoms. The van der Waals surface area contributed by atoms with Crippen molar-refractivity contribution in [3.05, 3.63) is 71.7 Å². The van der Waals surface area contributed by atoms with Crippen LogP contribution in [0.1, 0.15) is 19.4 Å². The average Bonchev–Trinajstić information content (AvgIpc) is 3.04. The molecule has 4 amide bonds. The topological polar surface area (TPSA) is 90.9 Å². The molecule has 0 saturated carbocycles. The zero-order valence-electron chi connectivity index (χ0n) is 17.0. The molecule has 1 aliphatic rings. The first-order valence-corrected chi connectivity index (χ1v) is 10.5. The quantitative estimate of drug-likeness (QED) is 0.696. The second kappa shape index (κ2) is 10.0. The van der Waals surface area contributed by atoms with Crippen molar-refractivity contribution in [1.29, 1.82) is 0 Å². The number of halogens is 1. The van der Waals surface area contributed by atoms with Gasteiger partial charge in [0, 0.05) is 6.54 Å². The number of amidine groups is 1. The lowest BCUT2D eigenvalue weighted by atomic mass is 10.2. The SMILES string of the molecule is CCNC(=O)NC(=O)C(C)SC1=N/C(=C/c2ccccc2)C(=O)N1c1ccc(F)cc1. The molecule has 0 fully saturated rings. The van der Waals surface area contributed by atoms with Gasteiger partial charge in [-0.3, -0.25) is 19.8 Å². The van der Waals surface area contributed by atoms with Crippen LogP contribution in [0.2, 0.25) is 0 Å². The number of amides is 4. The lowest BCUT2D eigenvalue weighted by Gasteiger charge is -2.19. The minimum atomic E-state index is -0.715. The van der Waals surface area contributed by atoms with Gasteiger partial charge < -0.3 is 5.32 Å². The fourth-order valence-corrected chi connectivity index (χ4v) is 3.66. The van der Waals surface area contributed by atoms with Crippen molar-refractivity contribution in [3.63, 3.8) is 0 Å². The summed E-state index contributed by atoms with van der Waals surface area (Å²) in [6.45, 7) is 3.73. The third-order valence-electron chi connectivity index (χ3n) is 4.24. The van der Waals surface area contributed by atoms with Crippen molar-refractivity contribution < 1.29 is 18.8 Å². The van der Waals surface area contributed by atoms with Crippen molar-refractivity contribution >= 4 is 46.5 Å². The molecule has 0 spiro atoms. The van der Waals surface area contributed by atoms with Gasteiger partial charge in [0.25, 0.3) is 5.91 Å². The third-order valence-corrected chi connectivity index (χ3v) is 5.30. The second-order valence-corrected chi connectivity index (χ2v) is 7.87. The number of thioether (sulfide) groups is 1. The molecule has 0 saturated heterocycles. The fraction of sp³-hybridized carbons (Fsp3) is 0.182. The van der Waals surface area contributed by atoms with E-state index in [0.29, 0.717) is 12.2 Å². The Morgan fingerprint density at radius 1 is 1.16 bits per heavy atom. The van der Waals surface area contributed by atoms with Gasteiger partial charge in [-0.15, -0.1) is 0 Å². The van der Waals surface area contributed by atoms with Crippen LogP contribution in [0.5, 0.6) is 0 Å². The Balaban J connectivity index is 1.88. The number of hydrogen-bond donors (Lipinski definition) is 2. The Labute approximate surface area is 183 Å². The van der Waals surface area contributed by atoms with E-state index in [2.05, 4.69) is 15.6 Å². The smallest absolute Gasteiger partial charge is 0.321 e. The number of anilines is 1. The number of hydrogen-bond acceptors (Lipinski definition) is 5. The molecule has 1 atom stereocenters. The highest BCUT2D eigenvalue weighted by Gasteiger charge is 2.34. The zero-order valence-corrected chi connectivity index (χ0v) is 17.8. The minimum Gasteiger partial charge on any atom is -0.338 e. The average molecular weight is 441 g/mol. The highest BCUT2D eigenvalue weighted by molar-refractivity contribution is 8.15. The number of aliphatic imine (C=N–C) groups is 1. The number of benzene rings is 2. The number of carbonyl (C=O) groups excluding carboxylic acids is 3. The lowest BCUT2D eigenvalue weighted by molar-refractivity contribution is -0.119. The van der Waals surface area contributed by atoms with Crippen LogP contribution in [0.25, 0.3) is 6.08 Å². The Kier molecular flexibility index (Phi) is 7.19. The predicted molar refractivity (Wildman–Crippen MR) is 120 cm³/mol. The fourth-order valence-electron chi connectivity index (χ4n) is 2.73. The first-order valence-electron chi connectivity index (χ1n) is 9.60. The van der Waals surface area contributed by atoms with E-state index in [1.807, 2.05) is 30.3 Å². The highest BCUT2D eigenvalue weighted by Crippen LogP contribution is 2.31. The van der Waals surface area contributed by atoms with Crippen LogP contribution >= 0.6 is 11.8 Å². The zero-order chi connectivity index (χ0) is 22.4. The van der Waals surface area contributed by atoms with E-state index < -0.39 is 28.9 Å². The number of imide groups is 1. The van der Waals surface area contributed by atoms with Crippen molar-refractivity contribution in [2.24, 2.45) is 4.99 Å². The molecule has 2 aromatic carbocycles. The maximum atomic E-state index is 13.4. The van der Waals surface area contributed by atoms with Gasteiger partial charge >= 0.3 is 6.03 Å².